The second-order valence-electron chi connectivity index (χ2n) is 10.7. The monoisotopic (exact) mass is 517 g/mol. The molecule has 0 bridgehead atoms. The number of ether oxygens (including phenoxy) is 2. The summed E-state index contributed by atoms with van der Waals surface area (Å²) in [5, 5.41) is 6.62. The van der Waals surface area contributed by atoms with Crippen molar-refractivity contribution in [3.63, 3.8) is 0 Å². The average molecular weight is 518 g/mol. The van der Waals surface area contributed by atoms with Crippen molar-refractivity contribution in [3.05, 3.63) is 63.5 Å². The molecule has 2 aliphatic heterocycles. The molecule has 37 heavy (non-hydrogen) atoms. The molecule has 2 atom stereocenters. The number of hydrogen-bond donors (Lipinski definition) is 1. The minimum Gasteiger partial charge on any atom is -0.488 e. The Kier molecular flexibility index (Phi) is 6.45. The molecule has 0 radical (unpaired) electrons. The van der Waals surface area contributed by atoms with Crippen molar-refractivity contribution in [2.45, 2.75) is 53.2 Å². The summed E-state index contributed by atoms with van der Waals surface area (Å²) in [5.41, 5.74) is 8.28. The summed E-state index contributed by atoms with van der Waals surface area (Å²) in [7, 11) is 0. The minimum atomic E-state index is -0.240. The van der Waals surface area contributed by atoms with E-state index in [2.05, 4.69) is 59.8 Å². The van der Waals surface area contributed by atoms with Crippen LogP contribution in [-0.4, -0.2) is 37.2 Å². The van der Waals surface area contributed by atoms with Crippen molar-refractivity contribution in [2.75, 3.05) is 31.1 Å². The Labute approximate surface area is 223 Å². The highest BCUT2D eigenvalue weighted by Crippen LogP contribution is 2.59. The van der Waals surface area contributed by atoms with E-state index < -0.39 is 0 Å². The first-order chi connectivity index (χ1) is 18.0. The fourth-order valence-corrected chi connectivity index (χ4v) is 6.98. The summed E-state index contributed by atoms with van der Waals surface area (Å²) in [6, 6.07) is 10.9. The largest absolute Gasteiger partial charge is 0.488 e. The molecule has 1 unspecified atom stereocenters. The molecule has 6 nitrogen and oxygen atoms in total. The Bertz CT molecular complexity index is 1340. The highest BCUT2D eigenvalue weighted by molar-refractivity contribution is 7.14. The Morgan fingerprint density at radius 2 is 2.16 bits per heavy atom. The topological polar surface area (TPSA) is 63.7 Å². The molecule has 3 aromatic rings. The predicted octanol–water partition coefficient (Wildman–Crippen LogP) is 5.43. The van der Waals surface area contributed by atoms with Crippen LogP contribution in [0.4, 0.5) is 5.13 Å². The minimum absolute atomic E-state index is 0.00758. The zero-order chi connectivity index (χ0) is 25.6. The van der Waals surface area contributed by atoms with E-state index in [9.17, 15) is 4.79 Å². The number of benzene rings is 2. The smallest absolute Gasteiger partial charge is 0.312 e. The third-order valence-electron chi connectivity index (χ3n) is 8.31. The van der Waals surface area contributed by atoms with Crippen molar-refractivity contribution in [3.8, 4) is 17.0 Å². The lowest BCUT2D eigenvalue weighted by Gasteiger charge is -2.30. The number of carbonyl (C=O) groups excluding carboxylic acids is 1. The molecular weight excluding hydrogens is 482 g/mol. The van der Waals surface area contributed by atoms with Gasteiger partial charge in [-0.25, -0.2) is 4.98 Å². The van der Waals surface area contributed by atoms with Gasteiger partial charge in [-0.3, -0.25) is 4.79 Å². The SMILES string of the molecule is CCOC(=O)[C@@]12CCN(c3nc(-c4cccc(C)c4OCc4cc(C)c5c(c4)CCNC5)cs3)CC1C2. The molecule has 1 saturated heterocycles. The highest BCUT2D eigenvalue weighted by Gasteiger charge is 2.63. The van der Waals surface area contributed by atoms with Crippen LogP contribution in [0.25, 0.3) is 11.3 Å². The van der Waals surface area contributed by atoms with Crippen molar-refractivity contribution >= 4 is 22.4 Å². The van der Waals surface area contributed by atoms with Gasteiger partial charge in [0.2, 0.25) is 0 Å². The Morgan fingerprint density at radius 1 is 1.27 bits per heavy atom. The number of piperidine rings is 1. The van der Waals surface area contributed by atoms with Gasteiger partial charge in [-0.15, -0.1) is 11.3 Å². The third kappa shape index (κ3) is 4.53. The van der Waals surface area contributed by atoms with E-state index in [1.807, 2.05) is 6.92 Å². The number of aryl methyl sites for hydroxylation is 2. The highest BCUT2D eigenvalue weighted by atomic mass is 32.1. The van der Waals surface area contributed by atoms with Gasteiger partial charge in [-0.1, -0.05) is 24.3 Å². The number of fused-ring (bicyclic) bond motifs is 2. The first-order valence-corrected chi connectivity index (χ1v) is 14.3. The van der Waals surface area contributed by atoms with E-state index in [0.717, 1.165) is 73.1 Å². The van der Waals surface area contributed by atoms with E-state index >= 15 is 0 Å². The molecule has 3 heterocycles. The van der Waals surface area contributed by atoms with Gasteiger partial charge in [-0.05, 0) is 86.4 Å². The summed E-state index contributed by atoms with van der Waals surface area (Å²) >= 11 is 1.67. The van der Waals surface area contributed by atoms with Crippen LogP contribution in [0.1, 0.15) is 47.6 Å². The number of hydrogen-bond acceptors (Lipinski definition) is 7. The number of rotatable bonds is 7. The molecule has 1 saturated carbocycles. The summed E-state index contributed by atoms with van der Waals surface area (Å²) in [4.78, 5) is 19.8. The predicted molar refractivity (Wildman–Crippen MR) is 147 cm³/mol. The van der Waals surface area contributed by atoms with Gasteiger partial charge in [0.15, 0.2) is 5.13 Å². The number of nitrogens with one attached hydrogen (secondary N) is 1. The van der Waals surface area contributed by atoms with Gasteiger partial charge >= 0.3 is 5.97 Å². The van der Waals surface area contributed by atoms with Crippen LogP contribution in [-0.2, 0) is 29.1 Å². The zero-order valence-electron chi connectivity index (χ0n) is 21.9. The summed E-state index contributed by atoms with van der Waals surface area (Å²) in [6.45, 7) is 10.9. The number of thiazole rings is 1. The molecule has 194 valence electrons. The standard InChI is InChI=1S/C30H35N3O3S/c1-4-35-28(34)30-9-11-33(16-23(30)14-30)29-32-26(18-37-29)24-7-5-6-19(2)27(24)36-17-21-12-20(3)25-15-31-10-8-22(25)13-21/h5-7,12-13,18,23,31H,4,8-11,14-17H2,1-3H3/t23?,30-/m1/s1. The van der Waals surface area contributed by atoms with Crippen LogP contribution >= 0.6 is 11.3 Å². The van der Waals surface area contributed by atoms with Crippen molar-refractivity contribution in [1.29, 1.82) is 0 Å². The fourth-order valence-electron chi connectivity index (χ4n) is 6.12. The van der Waals surface area contributed by atoms with Crippen LogP contribution in [0.2, 0.25) is 0 Å². The second kappa shape index (κ2) is 9.76. The van der Waals surface area contributed by atoms with Crippen LogP contribution < -0.4 is 15.0 Å². The number of para-hydroxylation sites is 1. The molecule has 7 heteroatoms. The van der Waals surface area contributed by atoms with Crippen molar-refractivity contribution in [2.24, 2.45) is 11.3 Å². The van der Waals surface area contributed by atoms with Gasteiger partial charge in [0.1, 0.15) is 12.4 Å². The molecule has 2 aromatic carbocycles. The molecule has 1 aliphatic carbocycles. The van der Waals surface area contributed by atoms with Gasteiger partial charge < -0.3 is 19.7 Å². The summed E-state index contributed by atoms with van der Waals surface area (Å²) in [6.07, 6.45) is 2.86. The molecular formula is C30H35N3O3S. The molecule has 2 fully saturated rings. The maximum atomic E-state index is 12.4. The van der Waals surface area contributed by atoms with Crippen molar-refractivity contribution in [1.82, 2.24) is 10.3 Å². The van der Waals surface area contributed by atoms with E-state index in [1.54, 1.807) is 11.3 Å². The second-order valence-corrected chi connectivity index (χ2v) is 11.5. The molecule has 3 aliphatic rings. The van der Waals surface area contributed by atoms with Gasteiger partial charge in [0.05, 0.1) is 17.7 Å². The Balaban J connectivity index is 1.18. The van der Waals surface area contributed by atoms with Gasteiger partial charge in [0, 0.05) is 30.6 Å². The Morgan fingerprint density at radius 3 is 3.00 bits per heavy atom. The number of carbonyl (C=O) groups is 1. The fraction of sp³-hybridized carbons (Fsp3) is 0.467. The first-order valence-electron chi connectivity index (χ1n) is 13.4. The maximum absolute atomic E-state index is 12.4. The van der Waals surface area contributed by atoms with E-state index in [0.29, 0.717) is 19.1 Å². The number of anilines is 1. The molecule has 6 rings (SSSR count). The van der Waals surface area contributed by atoms with E-state index in [4.69, 9.17) is 14.5 Å². The first kappa shape index (κ1) is 24.4. The lowest BCUT2D eigenvalue weighted by molar-refractivity contribution is -0.150. The van der Waals surface area contributed by atoms with Crippen molar-refractivity contribution < 1.29 is 14.3 Å². The van der Waals surface area contributed by atoms with E-state index in [-0.39, 0.29) is 11.4 Å². The van der Waals surface area contributed by atoms with Crippen LogP contribution in [0, 0.1) is 25.2 Å². The van der Waals surface area contributed by atoms with Crippen LogP contribution in [0.3, 0.4) is 0 Å². The molecule has 0 amide bonds. The van der Waals surface area contributed by atoms with Gasteiger partial charge in [-0.2, -0.15) is 0 Å². The van der Waals surface area contributed by atoms with Crippen LogP contribution in [0.5, 0.6) is 5.75 Å². The number of esters is 1. The number of nitrogens with zero attached hydrogens (tertiary/aromatic N) is 2. The number of aromatic nitrogens is 1. The average Bonchev–Trinajstić information content (AvgIpc) is 3.45. The van der Waals surface area contributed by atoms with Gasteiger partial charge in [0.25, 0.3) is 0 Å². The molecule has 1 N–H and O–H groups in total. The van der Waals surface area contributed by atoms with E-state index in [1.165, 1.54) is 22.3 Å². The summed E-state index contributed by atoms with van der Waals surface area (Å²) in [5.74, 6) is 1.27. The summed E-state index contributed by atoms with van der Waals surface area (Å²) < 4.78 is 11.8. The zero-order valence-corrected chi connectivity index (χ0v) is 22.7. The lowest BCUT2D eigenvalue weighted by Crippen LogP contribution is -2.38. The molecule has 0 spiro atoms. The third-order valence-corrected chi connectivity index (χ3v) is 9.22. The Hall–Kier alpha value is -2.90. The van der Waals surface area contributed by atoms with Crippen LogP contribution in [0.15, 0.2) is 35.7 Å². The normalized spacial score (nSPS) is 22.2. The lowest BCUT2D eigenvalue weighted by atomic mass is 9.94. The molecule has 1 aromatic heterocycles. The quantitative estimate of drug-likeness (QED) is 0.422. The maximum Gasteiger partial charge on any atom is 0.312 e.